The van der Waals surface area contributed by atoms with Gasteiger partial charge in [0.05, 0.1) is 19.5 Å². The molecule has 1 aromatic carbocycles. The summed E-state index contributed by atoms with van der Waals surface area (Å²) < 4.78 is 7.51. The first-order valence-electron chi connectivity index (χ1n) is 11.4. The van der Waals surface area contributed by atoms with Gasteiger partial charge in [-0.15, -0.1) is 0 Å². The molecule has 4 rings (SSSR count). The Hall–Kier alpha value is -3.57. The summed E-state index contributed by atoms with van der Waals surface area (Å²) in [5.74, 6) is -0.0990. The third kappa shape index (κ3) is 5.32. The van der Waals surface area contributed by atoms with Crippen LogP contribution in [-0.4, -0.2) is 62.8 Å². The molecule has 3 heterocycles. The van der Waals surface area contributed by atoms with Crippen LogP contribution in [0.25, 0.3) is 22.4 Å². The monoisotopic (exact) mass is 467 g/mol. The summed E-state index contributed by atoms with van der Waals surface area (Å²) in [6, 6.07) is 7.63. The highest BCUT2D eigenvalue weighted by Crippen LogP contribution is 2.30. The Labute approximate surface area is 197 Å². The third-order valence-electron chi connectivity index (χ3n) is 5.61. The molecule has 2 aromatic heterocycles. The predicted molar refractivity (Wildman–Crippen MR) is 127 cm³/mol. The molecule has 0 atom stereocenters. The highest BCUT2D eigenvalue weighted by Gasteiger charge is 2.21. The van der Waals surface area contributed by atoms with Crippen molar-refractivity contribution in [3.05, 3.63) is 30.6 Å². The summed E-state index contributed by atoms with van der Waals surface area (Å²) in [6.07, 6.45) is 2.35. The van der Waals surface area contributed by atoms with Crippen molar-refractivity contribution >= 4 is 34.6 Å². The van der Waals surface area contributed by atoms with Gasteiger partial charge in [0.1, 0.15) is 11.2 Å². The number of hydroxylamine groups is 1. The van der Waals surface area contributed by atoms with Gasteiger partial charge in [-0.05, 0) is 32.4 Å². The maximum Gasteiger partial charge on any atom is 0.243 e. The van der Waals surface area contributed by atoms with Gasteiger partial charge in [0.2, 0.25) is 17.8 Å². The second-order valence-corrected chi connectivity index (χ2v) is 8.41. The summed E-state index contributed by atoms with van der Waals surface area (Å²) in [5, 5.41) is 11.4. The van der Waals surface area contributed by atoms with Crippen LogP contribution in [0.1, 0.15) is 39.2 Å². The van der Waals surface area contributed by atoms with Crippen LogP contribution in [0.5, 0.6) is 0 Å². The SMILES string of the molecule is CC(C)n1cnc2c(-c3cccc(NC(=O)CCCC(=O)NO)c3)nc(N3CCOCC3)nc21. The number of hydrogen-bond acceptors (Lipinski definition) is 8. The zero-order chi connectivity index (χ0) is 24.1. The number of imidazole rings is 1. The van der Waals surface area contributed by atoms with E-state index >= 15 is 0 Å². The summed E-state index contributed by atoms with van der Waals surface area (Å²) in [6.45, 7) is 6.84. The molecule has 0 aliphatic carbocycles. The Balaban J connectivity index is 1.63. The first kappa shape index (κ1) is 23.6. The molecule has 0 unspecified atom stereocenters. The zero-order valence-electron chi connectivity index (χ0n) is 19.3. The average molecular weight is 468 g/mol. The molecule has 0 radical (unpaired) electrons. The van der Waals surface area contributed by atoms with E-state index in [-0.39, 0.29) is 24.8 Å². The maximum atomic E-state index is 12.3. The molecular weight excluding hydrogens is 438 g/mol. The lowest BCUT2D eigenvalue weighted by Gasteiger charge is -2.27. The Morgan fingerprint density at radius 1 is 1.15 bits per heavy atom. The molecule has 0 bridgehead atoms. The molecule has 2 amide bonds. The molecule has 11 nitrogen and oxygen atoms in total. The van der Waals surface area contributed by atoms with Gasteiger partial charge in [-0.2, -0.15) is 4.98 Å². The fourth-order valence-corrected chi connectivity index (χ4v) is 3.82. The van der Waals surface area contributed by atoms with Crippen molar-refractivity contribution in [1.82, 2.24) is 25.0 Å². The fraction of sp³-hybridized carbons (Fsp3) is 0.435. The van der Waals surface area contributed by atoms with Crippen molar-refractivity contribution in [2.24, 2.45) is 0 Å². The van der Waals surface area contributed by atoms with Crippen molar-refractivity contribution in [2.75, 3.05) is 36.5 Å². The Bertz CT molecular complexity index is 1170. The number of anilines is 2. The van der Waals surface area contributed by atoms with E-state index in [2.05, 4.69) is 29.0 Å². The average Bonchev–Trinajstić information content (AvgIpc) is 3.28. The molecule has 1 saturated heterocycles. The minimum Gasteiger partial charge on any atom is -0.378 e. The minimum absolute atomic E-state index is 0.0751. The van der Waals surface area contributed by atoms with Crippen LogP contribution in [0.15, 0.2) is 30.6 Å². The third-order valence-corrected chi connectivity index (χ3v) is 5.61. The van der Waals surface area contributed by atoms with Crippen LogP contribution < -0.4 is 15.7 Å². The number of fused-ring (bicyclic) bond motifs is 1. The number of aromatic nitrogens is 4. The van der Waals surface area contributed by atoms with Crippen LogP contribution in [0.4, 0.5) is 11.6 Å². The van der Waals surface area contributed by atoms with Crippen LogP contribution in [0, 0.1) is 0 Å². The van der Waals surface area contributed by atoms with Crippen LogP contribution >= 0.6 is 0 Å². The quantitative estimate of drug-likeness (QED) is 0.340. The van der Waals surface area contributed by atoms with Gasteiger partial charge in [0, 0.05) is 43.2 Å². The van der Waals surface area contributed by atoms with E-state index < -0.39 is 5.91 Å². The number of amides is 2. The second-order valence-electron chi connectivity index (χ2n) is 8.41. The molecule has 0 saturated carbocycles. The summed E-state index contributed by atoms with van der Waals surface area (Å²) in [4.78, 5) is 39.9. The predicted octanol–water partition coefficient (Wildman–Crippen LogP) is 2.52. The van der Waals surface area contributed by atoms with Crippen molar-refractivity contribution in [1.29, 1.82) is 0 Å². The fourth-order valence-electron chi connectivity index (χ4n) is 3.82. The van der Waals surface area contributed by atoms with Crippen LogP contribution in [-0.2, 0) is 14.3 Å². The number of nitrogens with zero attached hydrogens (tertiary/aromatic N) is 5. The van der Waals surface area contributed by atoms with E-state index in [0.29, 0.717) is 55.6 Å². The van der Waals surface area contributed by atoms with Gasteiger partial charge in [-0.1, -0.05) is 12.1 Å². The van der Waals surface area contributed by atoms with Gasteiger partial charge < -0.3 is 19.5 Å². The van der Waals surface area contributed by atoms with E-state index in [1.54, 1.807) is 17.9 Å². The van der Waals surface area contributed by atoms with E-state index in [1.807, 2.05) is 22.8 Å². The maximum absolute atomic E-state index is 12.3. The standard InChI is InChI=1S/C23H29N7O4/c1-15(2)30-14-24-21-20(26-23(27-22(21)30)29-9-11-34-12-10-29)16-5-3-6-17(13-16)25-18(31)7-4-8-19(32)28-33/h3,5-6,13-15,33H,4,7-12H2,1-2H3,(H,25,31)(H,28,32). The first-order valence-corrected chi connectivity index (χ1v) is 11.4. The number of rotatable bonds is 8. The number of ether oxygens (including phenoxy) is 1. The van der Waals surface area contributed by atoms with Crippen molar-refractivity contribution in [3.8, 4) is 11.3 Å². The topological polar surface area (TPSA) is 134 Å². The molecule has 3 N–H and O–H groups in total. The molecule has 0 spiro atoms. The Morgan fingerprint density at radius 3 is 2.65 bits per heavy atom. The van der Waals surface area contributed by atoms with E-state index in [1.165, 1.54) is 0 Å². The Kier molecular flexibility index (Phi) is 7.33. The van der Waals surface area contributed by atoms with E-state index in [0.717, 1.165) is 11.2 Å². The molecule has 1 aliphatic rings. The van der Waals surface area contributed by atoms with Crippen molar-refractivity contribution < 1.29 is 19.5 Å². The number of benzene rings is 1. The van der Waals surface area contributed by atoms with E-state index in [9.17, 15) is 9.59 Å². The molecule has 1 fully saturated rings. The first-order chi connectivity index (χ1) is 16.5. The lowest BCUT2D eigenvalue weighted by Crippen LogP contribution is -2.37. The molecule has 34 heavy (non-hydrogen) atoms. The molecule has 1 aliphatic heterocycles. The van der Waals surface area contributed by atoms with Gasteiger partial charge >= 0.3 is 0 Å². The summed E-state index contributed by atoms with van der Waals surface area (Å²) in [5.41, 5.74) is 5.16. The highest BCUT2D eigenvalue weighted by atomic mass is 16.5. The number of hydrogen-bond donors (Lipinski definition) is 3. The van der Waals surface area contributed by atoms with Gasteiger partial charge in [0.15, 0.2) is 5.65 Å². The molecule has 3 aromatic rings. The van der Waals surface area contributed by atoms with Gasteiger partial charge in [0.25, 0.3) is 0 Å². The highest BCUT2D eigenvalue weighted by molar-refractivity contribution is 5.93. The largest absolute Gasteiger partial charge is 0.378 e. The lowest BCUT2D eigenvalue weighted by molar-refractivity contribution is -0.129. The minimum atomic E-state index is -0.514. The lowest BCUT2D eigenvalue weighted by atomic mass is 10.1. The van der Waals surface area contributed by atoms with Crippen LogP contribution in [0.3, 0.4) is 0 Å². The molecule has 11 heteroatoms. The summed E-state index contributed by atoms with van der Waals surface area (Å²) in [7, 11) is 0. The van der Waals surface area contributed by atoms with Crippen molar-refractivity contribution in [2.45, 2.75) is 39.2 Å². The molecule has 180 valence electrons. The second kappa shape index (κ2) is 10.6. The summed E-state index contributed by atoms with van der Waals surface area (Å²) >= 11 is 0. The van der Waals surface area contributed by atoms with Gasteiger partial charge in [-0.25, -0.2) is 15.4 Å². The smallest absolute Gasteiger partial charge is 0.243 e. The van der Waals surface area contributed by atoms with Crippen molar-refractivity contribution in [3.63, 3.8) is 0 Å². The number of nitrogens with one attached hydrogen (secondary N) is 2. The van der Waals surface area contributed by atoms with Gasteiger partial charge in [-0.3, -0.25) is 14.8 Å². The number of carbonyl (C=O) groups is 2. The number of morpholine rings is 1. The zero-order valence-corrected chi connectivity index (χ0v) is 19.3. The Morgan fingerprint density at radius 2 is 1.91 bits per heavy atom. The number of carbonyl (C=O) groups excluding carboxylic acids is 2. The van der Waals surface area contributed by atoms with E-state index in [4.69, 9.17) is 19.9 Å². The van der Waals surface area contributed by atoms with Crippen LogP contribution in [0.2, 0.25) is 0 Å². The normalized spacial score (nSPS) is 13.9. The molecular formula is C23H29N7O4.